The second-order valence-corrected chi connectivity index (χ2v) is 5.27. The molecule has 1 aliphatic carbocycles. The Balaban J connectivity index is 2.22. The quantitative estimate of drug-likeness (QED) is 0.721. The zero-order valence-corrected chi connectivity index (χ0v) is 10.8. The molecule has 0 N–H and O–H groups in total. The molecule has 0 amide bonds. The van der Waals surface area contributed by atoms with Crippen LogP contribution in [0.2, 0.25) is 0 Å². The van der Waals surface area contributed by atoms with Gasteiger partial charge >= 0.3 is 6.18 Å². The maximum absolute atomic E-state index is 13.0. The largest absolute Gasteiger partial charge is 0.392 e. The number of benzene rings is 1. The minimum Gasteiger partial charge on any atom is -0.294 e. The third-order valence-corrected chi connectivity index (χ3v) is 3.86. The minimum atomic E-state index is -4.27. The monoisotopic (exact) mass is 270 g/mol. The summed E-state index contributed by atoms with van der Waals surface area (Å²) < 4.78 is 38.9. The summed E-state index contributed by atoms with van der Waals surface area (Å²) in [5.74, 6) is -2.74. The first kappa shape index (κ1) is 14.1. The topological polar surface area (TPSA) is 17.1 Å². The number of carbonyl (C=O) groups is 1. The number of hydrogen-bond acceptors (Lipinski definition) is 1. The van der Waals surface area contributed by atoms with E-state index in [9.17, 15) is 18.0 Å². The zero-order chi connectivity index (χ0) is 14.0. The van der Waals surface area contributed by atoms with Gasteiger partial charge in [-0.05, 0) is 19.8 Å². The third-order valence-electron chi connectivity index (χ3n) is 3.86. The van der Waals surface area contributed by atoms with Crippen LogP contribution in [0.5, 0.6) is 0 Å². The standard InChI is InChI=1S/C15H17F3O/c1-10-6-8-11(9-7-10)14(19)12-4-2-3-5-13(12)15(16,17)18/h6-9,12-13H,2-5H2,1H3. The molecule has 1 saturated carbocycles. The van der Waals surface area contributed by atoms with Crippen LogP contribution < -0.4 is 0 Å². The Hall–Kier alpha value is -1.32. The molecule has 1 fully saturated rings. The van der Waals surface area contributed by atoms with E-state index < -0.39 is 18.0 Å². The van der Waals surface area contributed by atoms with Gasteiger partial charge in [-0.15, -0.1) is 0 Å². The van der Waals surface area contributed by atoms with Gasteiger partial charge in [0.05, 0.1) is 5.92 Å². The molecular formula is C15H17F3O. The molecule has 0 saturated heterocycles. The lowest BCUT2D eigenvalue weighted by Crippen LogP contribution is -2.37. The van der Waals surface area contributed by atoms with Crippen LogP contribution in [0.15, 0.2) is 24.3 Å². The second-order valence-electron chi connectivity index (χ2n) is 5.27. The van der Waals surface area contributed by atoms with E-state index in [0.717, 1.165) is 5.56 Å². The molecule has 19 heavy (non-hydrogen) atoms. The molecule has 1 aromatic carbocycles. The van der Waals surface area contributed by atoms with E-state index in [1.54, 1.807) is 24.3 Å². The predicted octanol–water partition coefficient (Wildman–Crippen LogP) is 4.55. The van der Waals surface area contributed by atoms with E-state index in [1.807, 2.05) is 6.92 Å². The number of ketones is 1. The summed E-state index contributed by atoms with van der Waals surface area (Å²) in [5.41, 5.74) is 1.39. The molecule has 0 aromatic heterocycles. The number of alkyl halides is 3. The summed E-state index contributed by atoms with van der Waals surface area (Å²) in [6.45, 7) is 1.88. The highest BCUT2D eigenvalue weighted by Crippen LogP contribution is 2.42. The van der Waals surface area contributed by atoms with Crippen LogP contribution in [0.25, 0.3) is 0 Å². The van der Waals surface area contributed by atoms with Crippen LogP contribution in [-0.4, -0.2) is 12.0 Å². The van der Waals surface area contributed by atoms with Crippen LogP contribution in [-0.2, 0) is 0 Å². The van der Waals surface area contributed by atoms with E-state index in [0.29, 0.717) is 24.8 Å². The summed E-state index contributed by atoms with van der Waals surface area (Å²) in [6.07, 6.45) is -2.59. The number of rotatable bonds is 2. The molecule has 2 atom stereocenters. The number of Topliss-reactive ketones (excluding diaryl/α,β-unsaturated/α-hetero) is 1. The summed E-state index contributed by atoms with van der Waals surface area (Å²) in [7, 11) is 0. The average Bonchev–Trinajstić information content (AvgIpc) is 2.38. The van der Waals surface area contributed by atoms with E-state index >= 15 is 0 Å². The fraction of sp³-hybridized carbons (Fsp3) is 0.533. The Morgan fingerprint density at radius 3 is 2.26 bits per heavy atom. The summed E-state index contributed by atoms with van der Waals surface area (Å²) in [5, 5.41) is 0. The lowest BCUT2D eigenvalue weighted by molar-refractivity contribution is -0.190. The normalized spacial score (nSPS) is 24.2. The van der Waals surface area contributed by atoms with Crippen molar-refractivity contribution in [1.82, 2.24) is 0 Å². The average molecular weight is 270 g/mol. The van der Waals surface area contributed by atoms with Gasteiger partial charge in [0, 0.05) is 11.5 Å². The highest BCUT2D eigenvalue weighted by Gasteiger charge is 2.47. The van der Waals surface area contributed by atoms with Crippen LogP contribution >= 0.6 is 0 Å². The highest BCUT2D eigenvalue weighted by atomic mass is 19.4. The molecule has 0 aliphatic heterocycles. The van der Waals surface area contributed by atoms with Gasteiger partial charge in [0.15, 0.2) is 5.78 Å². The minimum absolute atomic E-state index is 0.0752. The maximum atomic E-state index is 13.0. The highest BCUT2D eigenvalue weighted by molar-refractivity contribution is 5.98. The SMILES string of the molecule is Cc1ccc(C(=O)C2CCCCC2C(F)(F)F)cc1. The first-order chi connectivity index (χ1) is 8.89. The van der Waals surface area contributed by atoms with Crippen molar-refractivity contribution in [3.8, 4) is 0 Å². The van der Waals surface area contributed by atoms with Crippen molar-refractivity contribution in [3.05, 3.63) is 35.4 Å². The Morgan fingerprint density at radius 2 is 1.68 bits per heavy atom. The van der Waals surface area contributed by atoms with Crippen molar-refractivity contribution in [3.63, 3.8) is 0 Å². The fourth-order valence-corrected chi connectivity index (χ4v) is 2.77. The number of carbonyl (C=O) groups excluding carboxylic acids is 1. The zero-order valence-electron chi connectivity index (χ0n) is 10.8. The summed E-state index contributed by atoms with van der Waals surface area (Å²) >= 11 is 0. The van der Waals surface area contributed by atoms with Crippen molar-refractivity contribution in [2.45, 2.75) is 38.8 Å². The first-order valence-corrected chi connectivity index (χ1v) is 6.57. The number of halogens is 3. The molecule has 1 aliphatic rings. The van der Waals surface area contributed by atoms with Crippen molar-refractivity contribution in [2.24, 2.45) is 11.8 Å². The van der Waals surface area contributed by atoms with Crippen molar-refractivity contribution >= 4 is 5.78 Å². The van der Waals surface area contributed by atoms with Gasteiger partial charge in [0.25, 0.3) is 0 Å². The predicted molar refractivity (Wildman–Crippen MR) is 67.0 cm³/mol. The molecule has 104 valence electrons. The van der Waals surface area contributed by atoms with Gasteiger partial charge in [0.2, 0.25) is 0 Å². The molecule has 0 heterocycles. The molecule has 1 aromatic rings. The van der Waals surface area contributed by atoms with Crippen molar-refractivity contribution in [2.75, 3.05) is 0 Å². The molecule has 0 bridgehead atoms. The van der Waals surface area contributed by atoms with Gasteiger partial charge in [-0.25, -0.2) is 0 Å². The van der Waals surface area contributed by atoms with Crippen molar-refractivity contribution < 1.29 is 18.0 Å². The fourth-order valence-electron chi connectivity index (χ4n) is 2.77. The Bertz CT molecular complexity index is 447. The lowest BCUT2D eigenvalue weighted by atomic mass is 9.75. The molecular weight excluding hydrogens is 253 g/mol. The number of hydrogen-bond donors (Lipinski definition) is 0. The van der Waals surface area contributed by atoms with E-state index in [2.05, 4.69) is 0 Å². The molecule has 4 heteroatoms. The van der Waals surface area contributed by atoms with Crippen LogP contribution in [0, 0.1) is 18.8 Å². The maximum Gasteiger partial charge on any atom is 0.392 e. The van der Waals surface area contributed by atoms with E-state index in [-0.39, 0.29) is 12.2 Å². The van der Waals surface area contributed by atoms with Crippen LogP contribution in [0.1, 0.15) is 41.6 Å². The number of aryl methyl sites for hydroxylation is 1. The van der Waals surface area contributed by atoms with Crippen molar-refractivity contribution in [1.29, 1.82) is 0 Å². The molecule has 2 unspecified atom stereocenters. The second kappa shape index (κ2) is 5.35. The first-order valence-electron chi connectivity index (χ1n) is 6.57. The third kappa shape index (κ3) is 3.17. The molecule has 1 nitrogen and oxygen atoms in total. The summed E-state index contributed by atoms with van der Waals surface area (Å²) in [6, 6.07) is 6.77. The molecule has 0 spiro atoms. The Labute approximate surface area is 110 Å². The lowest BCUT2D eigenvalue weighted by Gasteiger charge is -2.32. The smallest absolute Gasteiger partial charge is 0.294 e. The van der Waals surface area contributed by atoms with E-state index in [1.165, 1.54) is 0 Å². The summed E-state index contributed by atoms with van der Waals surface area (Å²) in [4.78, 5) is 12.3. The van der Waals surface area contributed by atoms with Gasteiger partial charge in [0.1, 0.15) is 0 Å². The van der Waals surface area contributed by atoms with Gasteiger partial charge in [-0.3, -0.25) is 4.79 Å². The van der Waals surface area contributed by atoms with Gasteiger partial charge in [-0.2, -0.15) is 13.2 Å². The van der Waals surface area contributed by atoms with Crippen LogP contribution in [0.4, 0.5) is 13.2 Å². The Morgan fingerprint density at radius 1 is 1.11 bits per heavy atom. The van der Waals surface area contributed by atoms with Gasteiger partial charge in [-0.1, -0.05) is 42.7 Å². The molecule has 2 rings (SSSR count). The Kier molecular flexibility index (Phi) is 3.97. The van der Waals surface area contributed by atoms with Crippen LogP contribution in [0.3, 0.4) is 0 Å². The van der Waals surface area contributed by atoms with E-state index in [4.69, 9.17) is 0 Å². The molecule has 0 radical (unpaired) electrons. The van der Waals surface area contributed by atoms with Gasteiger partial charge < -0.3 is 0 Å².